The van der Waals surface area contributed by atoms with E-state index >= 15 is 0 Å². The summed E-state index contributed by atoms with van der Waals surface area (Å²) in [6.07, 6.45) is 0. The molecule has 0 bridgehead atoms. The summed E-state index contributed by atoms with van der Waals surface area (Å²) in [5.41, 5.74) is -0.645. The van der Waals surface area contributed by atoms with Gasteiger partial charge in [-0.1, -0.05) is 6.07 Å². The van der Waals surface area contributed by atoms with Gasteiger partial charge >= 0.3 is 0 Å². The van der Waals surface area contributed by atoms with Crippen LogP contribution in [0.25, 0.3) is 0 Å². The molecule has 1 heterocycles. The highest BCUT2D eigenvalue weighted by atomic mass is 19.1. The molecule has 8 heteroatoms. The van der Waals surface area contributed by atoms with Crippen molar-refractivity contribution in [3.05, 3.63) is 52.1 Å². The number of halogens is 2. The van der Waals surface area contributed by atoms with E-state index in [4.69, 9.17) is 0 Å². The summed E-state index contributed by atoms with van der Waals surface area (Å²) in [5, 5.41) is 16.1. The number of nitro groups is 1. The Kier molecular flexibility index (Phi) is 4.27. The van der Waals surface area contributed by atoms with Gasteiger partial charge in [-0.05, 0) is 19.1 Å². The fraction of sp³-hybridized carbons (Fsp3) is 0.154. The predicted molar refractivity (Wildman–Crippen MR) is 74.7 cm³/mol. The van der Waals surface area contributed by atoms with E-state index in [0.717, 1.165) is 18.2 Å². The van der Waals surface area contributed by atoms with Crippen molar-refractivity contribution >= 4 is 23.0 Å². The molecule has 1 aromatic carbocycles. The van der Waals surface area contributed by atoms with Crippen molar-refractivity contribution < 1.29 is 13.7 Å². The second-order valence-corrected chi connectivity index (χ2v) is 4.10. The Morgan fingerprint density at radius 3 is 2.43 bits per heavy atom. The lowest BCUT2D eigenvalue weighted by Gasteiger charge is -2.10. The van der Waals surface area contributed by atoms with Gasteiger partial charge in [0.15, 0.2) is 0 Å². The highest BCUT2D eigenvalue weighted by Gasteiger charge is 2.14. The lowest BCUT2D eigenvalue weighted by molar-refractivity contribution is -0.384. The second kappa shape index (κ2) is 6.12. The summed E-state index contributed by atoms with van der Waals surface area (Å²) >= 11 is 0. The first-order valence-corrected chi connectivity index (χ1v) is 6.12. The van der Waals surface area contributed by atoms with Crippen LogP contribution in [-0.2, 0) is 0 Å². The number of nitrogens with zero attached hydrogens (tertiary/aromatic N) is 2. The molecule has 2 rings (SSSR count). The zero-order valence-electron chi connectivity index (χ0n) is 11.1. The van der Waals surface area contributed by atoms with E-state index in [1.165, 1.54) is 12.1 Å². The van der Waals surface area contributed by atoms with Gasteiger partial charge in [0.2, 0.25) is 0 Å². The van der Waals surface area contributed by atoms with Crippen LogP contribution in [0.2, 0.25) is 0 Å². The molecule has 0 saturated carbocycles. The van der Waals surface area contributed by atoms with Crippen molar-refractivity contribution in [1.82, 2.24) is 4.98 Å². The minimum Gasteiger partial charge on any atom is -0.370 e. The molecule has 0 aliphatic carbocycles. The van der Waals surface area contributed by atoms with Gasteiger partial charge in [-0.15, -0.1) is 0 Å². The number of para-hydroxylation sites is 1. The molecule has 0 aliphatic rings. The van der Waals surface area contributed by atoms with Crippen LogP contribution in [0.5, 0.6) is 0 Å². The van der Waals surface area contributed by atoms with Gasteiger partial charge in [-0.25, -0.2) is 13.8 Å². The van der Waals surface area contributed by atoms with Crippen LogP contribution in [0, 0.1) is 21.7 Å². The number of nitrogens with one attached hydrogen (secondary N) is 2. The maximum Gasteiger partial charge on any atom is 0.276 e. The molecular weight excluding hydrogens is 282 g/mol. The quantitative estimate of drug-likeness (QED) is 0.652. The average molecular weight is 294 g/mol. The number of rotatable bonds is 5. The molecule has 6 nitrogen and oxygen atoms in total. The number of aromatic nitrogens is 1. The third kappa shape index (κ3) is 3.41. The number of benzene rings is 1. The van der Waals surface area contributed by atoms with Gasteiger partial charge in [0.25, 0.3) is 5.69 Å². The topological polar surface area (TPSA) is 80.1 Å². The summed E-state index contributed by atoms with van der Waals surface area (Å²) < 4.78 is 27.1. The third-order valence-corrected chi connectivity index (χ3v) is 2.59. The van der Waals surface area contributed by atoms with E-state index in [0.29, 0.717) is 6.54 Å². The number of anilines is 3. The Balaban J connectivity index is 2.41. The first-order chi connectivity index (χ1) is 10.0. The Morgan fingerprint density at radius 2 is 1.86 bits per heavy atom. The zero-order chi connectivity index (χ0) is 15.4. The van der Waals surface area contributed by atoms with E-state index in [2.05, 4.69) is 15.6 Å². The van der Waals surface area contributed by atoms with Crippen molar-refractivity contribution in [2.45, 2.75) is 6.92 Å². The fourth-order valence-corrected chi connectivity index (χ4v) is 1.70. The summed E-state index contributed by atoms with van der Waals surface area (Å²) in [6, 6.07) is 5.72. The molecule has 0 spiro atoms. The molecule has 0 radical (unpaired) electrons. The number of pyridine rings is 1. The van der Waals surface area contributed by atoms with Crippen LogP contribution in [0.1, 0.15) is 6.92 Å². The Hall–Kier alpha value is -2.77. The maximum atomic E-state index is 13.6. The molecular formula is C13H12F2N4O2. The Labute approximate surface area is 119 Å². The molecule has 0 saturated heterocycles. The Morgan fingerprint density at radius 1 is 1.24 bits per heavy atom. The van der Waals surface area contributed by atoms with Crippen molar-refractivity contribution in [2.75, 3.05) is 17.2 Å². The van der Waals surface area contributed by atoms with Crippen LogP contribution in [0.15, 0.2) is 30.3 Å². The predicted octanol–water partition coefficient (Wildman–Crippen LogP) is 3.44. The van der Waals surface area contributed by atoms with Gasteiger partial charge in [0.05, 0.1) is 17.1 Å². The standard InChI is InChI=1S/C13H12F2N4O2/c1-2-16-11-6-8(19(20)21)7-12(17-11)18-13-9(14)4-3-5-10(13)15/h3-7H,2H2,1H3,(H2,16,17,18). The third-order valence-electron chi connectivity index (χ3n) is 2.59. The van der Waals surface area contributed by atoms with E-state index in [-0.39, 0.29) is 17.3 Å². The van der Waals surface area contributed by atoms with E-state index < -0.39 is 22.2 Å². The smallest absolute Gasteiger partial charge is 0.276 e. The molecule has 0 fully saturated rings. The van der Waals surface area contributed by atoms with Gasteiger partial charge in [-0.2, -0.15) is 0 Å². The van der Waals surface area contributed by atoms with E-state index in [9.17, 15) is 18.9 Å². The molecule has 1 aromatic heterocycles. The zero-order valence-corrected chi connectivity index (χ0v) is 11.1. The monoisotopic (exact) mass is 294 g/mol. The van der Waals surface area contributed by atoms with Crippen LogP contribution in [-0.4, -0.2) is 16.5 Å². The molecule has 0 amide bonds. The summed E-state index contributed by atoms with van der Waals surface area (Å²) in [6.45, 7) is 2.30. The number of hydrogen-bond donors (Lipinski definition) is 2. The normalized spacial score (nSPS) is 10.2. The Bertz CT molecular complexity index is 659. The molecule has 0 aliphatic heterocycles. The van der Waals surface area contributed by atoms with Gasteiger partial charge in [0.1, 0.15) is 29.0 Å². The average Bonchev–Trinajstić information content (AvgIpc) is 2.43. The highest BCUT2D eigenvalue weighted by molar-refractivity contribution is 5.63. The first-order valence-electron chi connectivity index (χ1n) is 6.12. The van der Waals surface area contributed by atoms with Gasteiger partial charge < -0.3 is 10.6 Å². The molecule has 0 atom stereocenters. The lowest BCUT2D eigenvalue weighted by Crippen LogP contribution is -2.05. The molecule has 2 aromatic rings. The largest absolute Gasteiger partial charge is 0.370 e. The molecule has 21 heavy (non-hydrogen) atoms. The van der Waals surface area contributed by atoms with Crippen molar-refractivity contribution in [3.8, 4) is 0 Å². The van der Waals surface area contributed by atoms with Crippen molar-refractivity contribution in [3.63, 3.8) is 0 Å². The molecule has 0 unspecified atom stereocenters. The van der Waals surface area contributed by atoms with Crippen molar-refractivity contribution in [1.29, 1.82) is 0 Å². The van der Waals surface area contributed by atoms with E-state index in [1.807, 2.05) is 0 Å². The highest BCUT2D eigenvalue weighted by Crippen LogP contribution is 2.26. The van der Waals surface area contributed by atoms with Gasteiger partial charge in [0, 0.05) is 6.54 Å². The van der Waals surface area contributed by atoms with E-state index in [1.54, 1.807) is 6.92 Å². The first kappa shape index (κ1) is 14.6. The second-order valence-electron chi connectivity index (χ2n) is 4.10. The molecule has 110 valence electrons. The SMILES string of the molecule is CCNc1cc([N+](=O)[O-])cc(Nc2c(F)cccc2F)n1. The molecule has 2 N–H and O–H groups in total. The lowest BCUT2D eigenvalue weighted by atomic mass is 10.3. The fourth-order valence-electron chi connectivity index (χ4n) is 1.70. The van der Waals surface area contributed by atoms with Crippen LogP contribution in [0.4, 0.5) is 31.8 Å². The van der Waals surface area contributed by atoms with Crippen LogP contribution in [0.3, 0.4) is 0 Å². The summed E-state index contributed by atoms with van der Waals surface area (Å²) in [7, 11) is 0. The summed E-state index contributed by atoms with van der Waals surface area (Å²) in [5.74, 6) is -1.41. The van der Waals surface area contributed by atoms with Crippen LogP contribution < -0.4 is 10.6 Å². The number of hydrogen-bond acceptors (Lipinski definition) is 5. The van der Waals surface area contributed by atoms with Gasteiger partial charge in [-0.3, -0.25) is 10.1 Å². The minimum absolute atomic E-state index is 0.0239. The summed E-state index contributed by atoms with van der Waals surface area (Å²) in [4.78, 5) is 14.3. The maximum absolute atomic E-state index is 13.6. The van der Waals surface area contributed by atoms with Crippen LogP contribution >= 0.6 is 0 Å². The van der Waals surface area contributed by atoms with Crippen molar-refractivity contribution in [2.24, 2.45) is 0 Å². The minimum atomic E-state index is -0.812.